The first kappa shape index (κ1) is 9.56. The summed E-state index contributed by atoms with van der Waals surface area (Å²) in [6.07, 6.45) is 3.52. The minimum atomic E-state index is -0.874. The molecule has 0 spiro atoms. The average Bonchev–Trinajstić information content (AvgIpc) is 1.88. The minimum absolute atomic E-state index is 0.314. The molecule has 0 fully saturated rings. The van der Waals surface area contributed by atoms with Crippen molar-refractivity contribution >= 4 is 17.7 Å². The van der Waals surface area contributed by atoms with Crippen LogP contribution >= 0.6 is 11.8 Å². The fourth-order valence-corrected chi connectivity index (χ4v) is 0.970. The number of carboxylic acid groups (broad SMARTS) is 1. The van der Waals surface area contributed by atoms with Crippen LogP contribution in [0.25, 0.3) is 0 Å². The van der Waals surface area contributed by atoms with Gasteiger partial charge in [0.25, 0.3) is 0 Å². The Hall–Kier alpha value is -0.440. The Kier molecular flexibility index (Phi) is 5.12. The van der Waals surface area contributed by atoms with E-state index in [2.05, 4.69) is 6.58 Å². The van der Waals surface area contributed by atoms with Crippen molar-refractivity contribution in [3.63, 3.8) is 0 Å². The smallest absolute Gasteiger partial charge is 0.330 e. The lowest BCUT2D eigenvalue weighted by Crippen LogP contribution is -1.98. The van der Waals surface area contributed by atoms with Crippen LogP contribution in [0.5, 0.6) is 0 Å². The molecule has 0 aliphatic rings. The molecule has 2 nitrogen and oxygen atoms in total. The maximum Gasteiger partial charge on any atom is 0.330 e. The van der Waals surface area contributed by atoms with Gasteiger partial charge in [-0.25, -0.2) is 4.79 Å². The molecule has 3 heteroatoms. The zero-order valence-electron chi connectivity index (χ0n) is 6.09. The largest absolute Gasteiger partial charge is 0.478 e. The van der Waals surface area contributed by atoms with Crippen LogP contribution in [0.2, 0.25) is 0 Å². The van der Waals surface area contributed by atoms with Gasteiger partial charge in [-0.15, -0.1) is 0 Å². The quantitative estimate of drug-likeness (QED) is 0.492. The highest BCUT2D eigenvalue weighted by Crippen LogP contribution is 2.05. The van der Waals surface area contributed by atoms with E-state index in [-0.39, 0.29) is 0 Å². The lowest BCUT2D eigenvalue weighted by molar-refractivity contribution is -0.132. The SMILES string of the molecule is C=C(CCCSC)C(=O)O. The fraction of sp³-hybridized carbons (Fsp3) is 0.571. The van der Waals surface area contributed by atoms with Crippen LogP contribution < -0.4 is 0 Å². The van der Waals surface area contributed by atoms with Crippen LogP contribution in [0.4, 0.5) is 0 Å². The number of hydrogen-bond acceptors (Lipinski definition) is 2. The van der Waals surface area contributed by atoms with Crippen LogP contribution in [-0.2, 0) is 4.79 Å². The third-order valence-electron chi connectivity index (χ3n) is 1.13. The number of carboxylic acids is 1. The summed E-state index contributed by atoms with van der Waals surface area (Å²) in [4.78, 5) is 10.2. The van der Waals surface area contributed by atoms with Crippen molar-refractivity contribution in [2.75, 3.05) is 12.0 Å². The normalized spacial score (nSPS) is 9.30. The molecule has 0 aliphatic carbocycles. The predicted molar refractivity (Wildman–Crippen MR) is 44.4 cm³/mol. The highest BCUT2D eigenvalue weighted by Gasteiger charge is 2.01. The molecule has 0 aliphatic heterocycles. The van der Waals surface area contributed by atoms with Crippen LogP contribution in [0, 0.1) is 0 Å². The number of carbonyl (C=O) groups is 1. The standard InChI is InChI=1S/C7H12O2S/c1-6(7(8)9)4-3-5-10-2/h1,3-5H2,2H3,(H,8,9). The second kappa shape index (κ2) is 5.35. The van der Waals surface area contributed by atoms with Crippen molar-refractivity contribution in [3.8, 4) is 0 Å². The van der Waals surface area contributed by atoms with Gasteiger partial charge in [-0.2, -0.15) is 11.8 Å². The molecule has 0 rings (SSSR count). The maximum atomic E-state index is 10.2. The average molecular weight is 160 g/mol. The van der Waals surface area contributed by atoms with Crippen molar-refractivity contribution in [2.24, 2.45) is 0 Å². The summed E-state index contributed by atoms with van der Waals surface area (Å²) < 4.78 is 0. The first-order valence-electron chi connectivity index (χ1n) is 3.08. The van der Waals surface area contributed by atoms with E-state index in [4.69, 9.17) is 5.11 Å². The van der Waals surface area contributed by atoms with E-state index in [1.54, 1.807) is 11.8 Å². The molecule has 10 heavy (non-hydrogen) atoms. The van der Waals surface area contributed by atoms with Gasteiger partial charge in [0.1, 0.15) is 0 Å². The van der Waals surface area contributed by atoms with Gasteiger partial charge in [-0.1, -0.05) is 6.58 Å². The molecule has 0 atom stereocenters. The molecule has 58 valence electrons. The summed E-state index contributed by atoms with van der Waals surface area (Å²) in [5.74, 6) is 0.132. The van der Waals surface area contributed by atoms with E-state index in [9.17, 15) is 4.79 Å². The minimum Gasteiger partial charge on any atom is -0.478 e. The van der Waals surface area contributed by atoms with Gasteiger partial charge in [-0.05, 0) is 24.9 Å². The Morgan fingerprint density at radius 3 is 2.70 bits per heavy atom. The summed E-state index contributed by atoms with van der Waals surface area (Å²) >= 11 is 1.72. The number of aliphatic carboxylic acids is 1. The van der Waals surface area contributed by atoms with Crippen molar-refractivity contribution in [1.29, 1.82) is 0 Å². The lowest BCUT2D eigenvalue weighted by atomic mass is 10.2. The predicted octanol–water partition coefficient (Wildman–Crippen LogP) is 1.77. The Balaban J connectivity index is 3.31. The molecule has 0 radical (unpaired) electrons. The summed E-state index contributed by atoms with van der Waals surface area (Å²) in [5, 5.41) is 8.37. The molecule has 0 saturated carbocycles. The second-order valence-corrected chi connectivity index (χ2v) is 2.99. The Labute approximate surface area is 65.3 Å². The van der Waals surface area contributed by atoms with Gasteiger partial charge in [0, 0.05) is 5.57 Å². The summed E-state index contributed by atoms with van der Waals surface area (Å²) in [6, 6.07) is 0. The zero-order chi connectivity index (χ0) is 7.98. The molecule has 0 heterocycles. The second-order valence-electron chi connectivity index (χ2n) is 2.01. The van der Waals surface area contributed by atoms with E-state index in [0.717, 1.165) is 12.2 Å². The van der Waals surface area contributed by atoms with Gasteiger partial charge in [-0.3, -0.25) is 0 Å². The van der Waals surface area contributed by atoms with Crippen LogP contribution in [0.3, 0.4) is 0 Å². The molecule has 1 N–H and O–H groups in total. The highest BCUT2D eigenvalue weighted by molar-refractivity contribution is 7.98. The maximum absolute atomic E-state index is 10.2. The third kappa shape index (κ3) is 4.44. The topological polar surface area (TPSA) is 37.3 Å². The zero-order valence-corrected chi connectivity index (χ0v) is 6.91. The summed E-state index contributed by atoms with van der Waals surface area (Å²) in [5.41, 5.74) is 0.314. The van der Waals surface area contributed by atoms with Crippen molar-refractivity contribution < 1.29 is 9.90 Å². The molecular weight excluding hydrogens is 148 g/mol. The molecule has 0 saturated heterocycles. The van der Waals surface area contributed by atoms with E-state index < -0.39 is 5.97 Å². The first-order chi connectivity index (χ1) is 4.68. The summed E-state index contributed by atoms with van der Waals surface area (Å²) in [7, 11) is 0. The Morgan fingerprint density at radius 1 is 1.70 bits per heavy atom. The van der Waals surface area contributed by atoms with Gasteiger partial charge in [0.05, 0.1) is 0 Å². The Bertz CT molecular complexity index is 132. The summed E-state index contributed by atoms with van der Waals surface area (Å²) in [6.45, 7) is 3.42. The lowest BCUT2D eigenvalue weighted by Gasteiger charge is -1.97. The number of hydrogen-bond donors (Lipinski definition) is 1. The molecule has 0 unspecified atom stereocenters. The van der Waals surface area contributed by atoms with E-state index in [1.807, 2.05) is 6.26 Å². The van der Waals surface area contributed by atoms with Gasteiger partial charge in [0.2, 0.25) is 0 Å². The fourth-order valence-electron chi connectivity index (χ4n) is 0.537. The van der Waals surface area contributed by atoms with Crippen molar-refractivity contribution in [1.82, 2.24) is 0 Å². The number of rotatable bonds is 5. The Morgan fingerprint density at radius 2 is 2.30 bits per heavy atom. The first-order valence-corrected chi connectivity index (χ1v) is 4.48. The van der Waals surface area contributed by atoms with Gasteiger partial charge < -0.3 is 5.11 Å². The molecule has 0 bridgehead atoms. The highest BCUT2D eigenvalue weighted by atomic mass is 32.2. The van der Waals surface area contributed by atoms with E-state index in [1.165, 1.54) is 0 Å². The van der Waals surface area contributed by atoms with E-state index >= 15 is 0 Å². The van der Waals surface area contributed by atoms with Gasteiger partial charge >= 0.3 is 5.97 Å². The molecule has 0 aromatic carbocycles. The van der Waals surface area contributed by atoms with Crippen LogP contribution in [0.15, 0.2) is 12.2 Å². The molecule has 0 amide bonds. The molecule has 0 aromatic rings. The molecule has 0 aromatic heterocycles. The number of thioether (sulfide) groups is 1. The third-order valence-corrected chi connectivity index (χ3v) is 1.83. The van der Waals surface area contributed by atoms with Gasteiger partial charge in [0.15, 0.2) is 0 Å². The van der Waals surface area contributed by atoms with Crippen molar-refractivity contribution in [2.45, 2.75) is 12.8 Å². The van der Waals surface area contributed by atoms with Crippen LogP contribution in [-0.4, -0.2) is 23.1 Å². The van der Waals surface area contributed by atoms with E-state index in [0.29, 0.717) is 12.0 Å². The van der Waals surface area contributed by atoms with Crippen LogP contribution in [0.1, 0.15) is 12.8 Å². The molecular formula is C7H12O2S. The van der Waals surface area contributed by atoms with Crippen molar-refractivity contribution in [3.05, 3.63) is 12.2 Å². The monoisotopic (exact) mass is 160 g/mol.